The van der Waals surface area contributed by atoms with E-state index in [-0.39, 0.29) is 0 Å². The number of guanidine groups is 1. The number of nitrogens with zero attached hydrogens (tertiary/aromatic N) is 1. The van der Waals surface area contributed by atoms with Gasteiger partial charge in [-0.25, -0.2) is 10.8 Å². The van der Waals surface area contributed by atoms with Crippen molar-refractivity contribution in [3.8, 4) is 5.75 Å². The second-order valence-electron chi connectivity index (χ2n) is 3.65. The Kier molecular flexibility index (Phi) is 7.02. The van der Waals surface area contributed by atoms with E-state index in [4.69, 9.17) is 26.9 Å². The van der Waals surface area contributed by atoms with Crippen LogP contribution < -0.4 is 21.3 Å². The minimum atomic E-state index is 0.363. The molecule has 0 amide bonds. The number of nitrogens with one attached hydrogen (secondary N) is 2. The topological polar surface area (TPSA) is 80.9 Å². The standard InChI is InChI=1S/C12H19ClN4O2/c1-18-7-6-15-12(17-14)16-8-9-10(13)4-3-5-11(9)19-2/h3-5H,6-8,14H2,1-2H3,(H2,15,16,17). The van der Waals surface area contributed by atoms with Crippen molar-refractivity contribution in [3.63, 3.8) is 0 Å². The van der Waals surface area contributed by atoms with Crippen LogP contribution in [-0.4, -0.2) is 33.3 Å². The molecule has 0 fully saturated rings. The van der Waals surface area contributed by atoms with Crippen LogP contribution in [0, 0.1) is 0 Å². The third kappa shape index (κ3) is 4.94. The molecule has 0 spiro atoms. The number of nitrogens with two attached hydrogens (primary N) is 1. The van der Waals surface area contributed by atoms with Gasteiger partial charge in [0.2, 0.25) is 5.96 Å². The van der Waals surface area contributed by atoms with Gasteiger partial charge < -0.3 is 14.8 Å². The molecule has 0 heterocycles. The fourth-order valence-electron chi connectivity index (χ4n) is 1.47. The zero-order valence-electron chi connectivity index (χ0n) is 11.1. The molecular weight excluding hydrogens is 268 g/mol. The first-order chi connectivity index (χ1) is 9.22. The van der Waals surface area contributed by atoms with Crippen LogP contribution in [0.5, 0.6) is 5.75 Å². The quantitative estimate of drug-likeness (QED) is 0.238. The number of aliphatic imine (C=N–C) groups is 1. The predicted octanol–water partition coefficient (Wildman–Crippen LogP) is 0.904. The number of hydrogen-bond acceptors (Lipinski definition) is 4. The zero-order chi connectivity index (χ0) is 14.1. The summed E-state index contributed by atoms with van der Waals surface area (Å²) in [5.41, 5.74) is 3.30. The molecule has 0 atom stereocenters. The molecule has 0 bridgehead atoms. The third-order valence-corrected chi connectivity index (χ3v) is 2.78. The van der Waals surface area contributed by atoms with Gasteiger partial charge in [0, 0.05) is 24.2 Å². The summed E-state index contributed by atoms with van der Waals surface area (Å²) in [6.07, 6.45) is 0. The highest BCUT2D eigenvalue weighted by Crippen LogP contribution is 2.26. The average Bonchev–Trinajstić information content (AvgIpc) is 2.43. The van der Waals surface area contributed by atoms with Crippen LogP contribution in [0.2, 0.25) is 5.02 Å². The van der Waals surface area contributed by atoms with E-state index in [0.29, 0.717) is 36.4 Å². The molecule has 0 aliphatic rings. The highest BCUT2D eigenvalue weighted by atomic mass is 35.5. The Morgan fingerprint density at radius 3 is 2.84 bits per heavy atom. The van der Waals surface area contributed by atoms with E-state index in [9.17, 15) is 0 Å². The molecule has 19 heavy (non-hydrogen) atoms. The molecule has 6 nitrogen and oxygen atoms in total. The Morgan fingerprint density at radius 1 is 1.42 bits per heavy atom. The number of halogens is 1. The van der Waals surface area contributed by atoms with Crippen molar-refractivity contribution >= 4 is 17.6 Å². The van der Waals surface area contributed by atoms with Crippen LogP contribution in [0.1, 0.15) is 5.56 Å². The molecule has 106 valence electrons. The normalized spacial score (nSPS) is 11.3. The second kappa shape index (κ2) is 8.58. The predicted molar refractivity (Wildman–Crippen MR) is 76.3 cm³/mol. The maximum Gasteiger partial charge on any atom is 0.206 e. The molecule has 0 saturated carbocycles. The lowest BCUT2D eigenvalue weighted by Crippen LogP contribution is -2.42. The molecule has 0 unspecified atom stereocenters. The fourth-order valence-corrected chi connectivity index (χ4v) is 1.69. The van der Waals surface area contributed by atoms with Crippen LogP contribution in [0.15, 0.2) is 23.2 Å². The molecule has 0 saturated heterocycles. The Balaban J connectivity index is 2.72. The number of hydrazine groups is 1. The second-order valence-corrected chi connectivity index (χ2v) is 4.06. The highest BCUT2D eigenvalue weighted by molar-refractivity contribution is 6.31. The van der Waals surface area contributed by atoms with Gasteiger partial charge in [-0.2, -0.15) is 0 Å². The fraction of sp³-hybridized carbons (Fsp3) is 0.417. The van der Waals surface area contributed by atoms with E-state index in [1.165, 1.54) is 0 Å². The third-order valence-electron chi connectivity index (χ3n) is 2.43. The van der Waals surface area contributed by atoms with Gasteiger partial charge in [0.25, 0.3) is 0 Å². The van der Waals surface area contributed by atoms with Gasteiger partial charge in [-0.05, 0) is 12.1 Å². The van der Waals surface area contributed by atoms with E-state index in [1.807, 2.05) is 12.1 Å². The Hall–Kier alpha value is -1.50. The lowest BCUT2D eigenvalue weighted by atomic mass is 10.2. The van der Waals surface area contributed by atoms with Crippen LogP contribution in [0.4, 0.5) is 0 Å². The SMILES string of the molecule is COCCNC(=NCc1c(Cl)cccc1OC)NN. The van der Waals surface area contributed by atoms with E-state index < -0.39 is 0 Å². The summed E-state index contributed by atoms with van der Waals surface area (Å²) in [7, 11) is 3.22. The minimum Gasteiger partial charge on any atom is -0.496 e. The maximum atomic E-state index is 6.12. The van der Waals surface area contributed by atoms with Crippen molar-refractivity contribution < 1.29 is 9.47 Å². The molecular formula is C12H19ClN4O2. The van der Waals surface area contributed by atoms with E-state index in [2.05, 4.69) is 15.7 Å². The van der Waals surface area contributed by atoms with Crippen molar-refractivity contribution in [1.29, 1.82) is 0 Å². The first-order valence-electron chi connectivity index (χ1n) is 5.78. The molecule has 1 rings (SSSR count). The molecule has 7 heteroatoms. The average molecular weight is 287 g/mol. The Labute approximate surface area is 117 Å². The van der Waals surface area contributed by atoms with Crippen LogP contribution >= 0.6 is 11.6 Å². The summed E-state index contributed by atoms with van der Waals surface area (Å²) >= 11 is 6.12. The van der Waals surface area contributed by atoms with Crippen molar-refractivity contribution in [2.24, 2.45) is 10.8 Å². The van der Waals surface area contributed by atoms with Crippen molar-refractivity contribution in [1.82, 2.24) is 10.7 Å². The van der Waals surface area contributed by atoms with Gasteiger partial charge in [-0.1, -0.05) is 17.7 Å². The number of methoxy groups -OCH3 is 2. The van der Waals surface area contributed by atoms with Gasteiger partial charge in [0.15, 0.2) is 0 Å². The van der Waals surface area contributed by atoms with Crippen molar-refractivity contribution in [2.45, 2.75) is 6.54 Å². The monoisotopic (exact) mass is 286 g/mol. The number of hydrogen-bond donors (Lipinski definition) is 3. The highest BCUT2D eigenvalue weighted by Gasteiger charge is 2.07. The molecule has 0 radical (unpaired) electrons. The number of ether oxygens (including phenoxy) is 2. The Morgan fingerprint density at radius 2 is 2.21 bits per heavy atom. The van der Waals surface area contributed by atoms with Gasteiger partial charge in [0.1, 0.15) is 5.75 Å². The first-order valence-corrected chi connectivity index (χ1v) is 6.16. The minimum absolute atomic E-state index is 0.363. The first kappa shape index (κ1) is 15.6. The summed E-state index contributed by atoms with van der Waals surface area (Å²) in [4.78, 5) is 4.30. The maximum absolute atomic E-state index is 6.12. The smallest absolute Gasteiger partial charge is 0.206 e. The van der Waals surface area contributed by atoms with Crippen molar-refractivity contribution in [3.05, 3.63) is 28.8 Å². The Bertz CT molecular complexity index is 426. The number of benzene rings is 1. The van der Waals surface area contributed by atoms with Crippen LogP contribution in [-0.2, 0) is 11.3 Å². The van der Waals surface area contributed by atoms with Gasteiger partial charge in [0.05, 0.1) is 20.3 Å². The van der Waals surface area contributed by atoms with E-state index >= 15 is 0 Å². The summed E-state index contributed by atoms with van der Waals surface area (Å²) in [6, 6.07) is 5.46. The number of rotatable bonds is 6. The summed E-state index contributed by atoms with van der Waals surface area (Å²) in [5.74, 6) is 6.55. The molecule has 0 aromatic heterocycles. The summed E-state index contributed by atoms with van der Waals surface area (Å²) in [6.45, 7) is 1.54. The molecule has 1 aromatic rings. The molecule has 1 aromatic carbocycles. The van der Waals surface area contributed by atoms with Gasteiger partial charge >= 0.3 is 0 Å². The lowest BCUT2D eigenvalue weighted by molar-refractivity contribution is 0.203. The lowest BCUT2D eigenvalue weighted by Gasteiger charge is -2.11. The molecule has 0 aliphatic heterocycles. The summed E-state index contributed by atoms with van der Waals surface area (Å²) < 4.78 is 10.2. The largest absolute Gasteiger partial charge is 0.496 e. The van der Waals surface area contributed by atoms with E-state index in [1.54, 1.807) is 20.3 Å². The van der Waals surface area contributed by atoms with Crippen LogP contribution in [0.25, 0.3) is 0 Å². The summed E-state index contributed by atoms with van der Waals surface area (Å²) in [5, 5.41) is 3.61. The van der Waals surface area contributed by atoms with Crippen molar-refractivity contribution in [2.75, 3.05) is 27.4 Å². The molecule has 0 aliphatic carbocycles. The molecule has 4 N–H and O–H groups in total. The zero-order valence-corrected chi connectivity index (χ0v) is 11.8. The van der Waals surface area contributed by atoms with Crippen LogP contribution in [0.3, 0.4) is 0 Å². The van der Waals surface area contributed by atoms with Gasteiger partial charge in [-0.3, -0.25) is 5.43 Å². The van der Waals surface area contributed by atoms with E-state index in [0.717, 1.165) is 5.56 Å². The van der Waals surface area contributed by atoms with Gasteiger partial charge in [-0.15, -0.1) is 0 Å².